The number of benzene rings is 1. The third-order valence-corrected chi connectivity index (χ3v) is 3.31. The van der Waals surface area contributed by atoms with Gasteiger partial charge >= 0.3 is 0 Å². The molecule has 2 rings (SSSR count). The van der Waals surface area contributed by atoms with E-state index in [9.17, 15) is 4.79 Å². The highest BCUT2D eigenvalue weighted by Gasteiger charge is 2.29. The van der Waals surface area contributed by atoms with Gasteiger partial charge in [-0.05, 0) is 35.7 Å². The quantitative estimate of drug-likeness (QED) is 0.334. The van der Waals surface area contributed by atoms with Crippen LogP contribution in [0.3, 0.4) is 0 Å². The first-order chi connectivity index (χ1) is 10.2. The van der Waals surface area contributed by atoms with Crippen molar-refractivity contribution >= 4 is 11.6 Å². The Morgan fingerprint density at radius 2 is 2.14 bits per heavy atom. The minimum atomic E-state index is 0.0567. The number of methoxy groups -OCH3 is 1. The van der Waals surface area contributed by atoms with Crippen LogP contribution in [0.4, 0.5) is 5.69 Å². The standard InChI is InChI=1S/C14H18N4O3/c1-20-6-7-21-13-4-2-12(3-5-13)18-10-11(8-14(18)19)9-16-17-15/h2-5,11H,6-10H2,1H3. The molecule has 1 aliphatic rings. The summed E-state index contributed by atoms with van der Waals surface area (Å²) in [6.45, 7) is 1.97. The van der Waals surface area contributed by atoms with Crippen LogP contribution in [0.2, 0.25) is 0 Å². The number of azide groups is 1. The molecular formula is C14H18N4O3. The van der Waals surface area contributed by atoms with Crippen molar-refractivity contribution < 1.29 is 14.3 Å². The predicted molar refractivity (Wildman–Crippen MR) is 78.3 cm³/mol. The summed E-state index contributed by atoms with van der Waals surface area (Å²) in [5.74, 6) is 0.889. The summed E-state index contributed by atoms with van der Waals surface area (Å²) in [6, 6.07) is 7.38. The summed E-state index contributed by atoms with van der Waals surface area (Å²) in [5.41, 5.74) is 9.17. The fourth-order valence-electron chi connectivity index (χ4n) is 2.27. The van der Waals surface area contributed by atoms with Gasteiger partial charge in [-0.3, -0.25) is 4.79 Å². The van der Waals surface area contributed by atoms with E-state index in [0.717, 1.165) is 11.4 Å². The first kappa shape index (κ1) is 15.2. The van der Waals surface area contributed by atoms with Crippen LogP contribution in [0.1, 0.15) is 6.42 Å². The third-order valence-electron chi connectivity index (χ3n) is 3.31. The summed E-state index contributed by atoms with van der Waals surface area (Å²) in [7, 11) is 1.62. The second-order valence-corrected chi connectivity index (χ2v) is 4.82. The molecule has 112 valence electrons. The lowest BCUT2D eigenvalue weighted by atomic mass is 10.1. The summed E-state index contributed by atoms with van der Waals surface area (Å²) in [4.78, 5) is 16.4. The van der Waals surface area contributed by atoms with Crippen LogP contribution in [0, 0.1) is 5.92 Å². The summed E-state index contributed by atoms with van der Waals surface area (Å²) < 4.78 is 10.4. The first-order valence-electron chi connectivity index (χ1n) is 6.77. The molecule has 1 atom stereocenters. The Kier molecular flexibility index (Phi) is 5.43. The Morgan fingerprint density at radius 3 is 2.81 bits per heavy atom. The number of hydrogen-bond acceptors (Lipinski definition) is 4. The Bertz CT molecular complexity index is 526. The SMILES string of the molecule is COCCOc1ccc(N2CC(CN=[N+]=[N-])CC2=O)cc1. The Balaban J connectivity index is 1.95. The van der Waals surface area contributed by atoms with Crippen molar-refractivity contribution in [1.29, 1.82) is 0 Å². The summed E-state index contributed by atoms with van der Waals surface area (Å²) >= 11 is 0. The van der Waals surface area contributed by atoms with Crippen LogP contribution in [-0.4, -0.2) is 39.3 Å². The Hall–Kier alpha value is -2.24. The number of carbonyl (C=O) groups is 1. The van der Waals surface area contributed by atoms with E-state index >= 15 is 0 Å². The molecule has 0 radical (unpaired) electrons. The van der Waals surface area contributed by atoms with Gasteiger partial charge < -0.3 is 14.4 Å². The van der Waals surface area contributed by atoms with E-state index < -0.39 is 0 Å². The van der Waals surface area contributed by atoms with E-state index in [4.69, 9.17) is 15.0 Å². The number of carbonyl (C=O) groups excluding carboxylic acids is 1. The first-order valence-corrected chi connectivity index (χ1v) is 6.77. The lowest BCUT2D eigenvalue weighted by Gasteiger charge is -2.17. The zero-order valence-corrected chi connectivity index (χ0v) is 11.9. The molecule has 7 nitrogen and oxygen atoms in total. The predicted octanol–water partition coefficient (Wildman–Crippen LogP) is 2.38. The summed E-state index contributed by atoms with van der Waals surface area (Å²) in [6.07, 6.45) is 0.422. The van der Waals surface area contributed by atoms with Crippen LogP contribution in [-0.2, 0) is 9.53 Å². The monoisotopic (exact) mass is 290 g/mol. The molecule has 1 saturated heterocycles. The average Bonchev–Trinajstić information content (AvgIpc) is 2.87. The zero-order chi connectivity index (χ0) is 15.1. The molecule has 1 aromatic rings. The molecule has 1 fully saturated rings. The van der Waals surface area contributed by atoms with Crippen molar-refractivity contribution in [3.05, 3.63) is 34.7 Å². The molecule has 0 saturated carbocycles. The Morgan fingerprint density at radius 1 is 1.38 bits per heavy atom. The molecule has 21 heavy (non-hydrogen) atoms. The molecule has 0 aromatic heterocycles. The fraction of sp³-hybridized carbons (Fsp3) is 0.500. The highest BCUT2D eigenvalue weighted by Crippen LogP contribution is 2.27. The molecular weight excluding hydrogens is 272 g/mol. The highest BCUT2D eigenvalue weighted by atomic mass is 16.5. The van der Waals surface area contributed by atoms with Gasteiger partial charge in [-0.1, -0.05) is 5.11 Å². The van der Waals surface area contributed by atoms with E-state index in [1.54, 1.807) is 12.0 Å². The zero-order valence-electron chi connectivity index (χ0n) is 11.9. The molecule has 0 N–H and O–H groups in total. The summed E-state index contributed by atoms with van der Waals surface area (Å²) in [5, 5.41) is 3.54. The topological polar surface area (TPSA) is 87.5 Å². The smallest absolute Gasteiger partial charge is 0.227 e. The highest BCUT2D eigenvalue weighted by molar-refractivity contribution is 5.95. The molecule has 1 amide bonds. The van der Waals surface area contributed by atoms with Crippen LogP contribution in [0.15, 0.2) is 29.4 Å². The van der Waals surface area contributed by atoms with Crippen molar-refractivity contribution in [2.45, 2.75) is 6.42 Å². The maximum Gasteiger partial charge on any atom is 0.227 e. The van der Waals surface area contributed by atoms with Gasteiger partial charge in [0.25, 0.3) is 0 Å². The van der Waals surface area contributed by atoms with Crippen molar-refractivity contribution in [1.82, 2.24) is 0 Å². The lowest BCUT2D eigenvalue weighted by Crippen LogP contribution is -2.24. The largest absolute Gasteiger partial charge is 0.491 e. The lowest BCUT2D eigenvalue weighted by molar-refractivity contribution is -0.117. The van der Waals surface area contributed by atoms with Gasteiger partial charge in [-0.2, -0.15) is 0 Å². The average molecular weight is 290 g/mol. The van der Waals surface area contributed by atoms with Crippen molar-refractivity contribution in [3.63, 3.8) is 0 Å². The normalized spacial score (nSPS) is 17.7. The fourth-order valence-corrected chi connectivity index (χ4v) is 2.27. The second-order valence-electron chi connectivity index (χ2n) is 4.82. The van der Waals surface area contributed by atoms with E-state index in [-0.39, 0.29) is 11.8 Å². The van der Waals surface area contributed by atoms with Crippen molar-refractivity contribution in [2.24, 2.45) is 11.0 Å². The van der Waals surface area contributed by atoms with E-state index in [0.29, 0.717) is 32.7 Å². The number of hydrogen-bond donors (Lipinski definition) is 0. The number of amides is 1. The van der Waals surface area contributed by atoms with Gasteiger partial charge in [-0.15, -0.1) is 0 Å². The van der Waals surface area contributed by atoms with Crippen LogP contribution < -0.4 is 9.64 Å². The maximum absolute atomic E-state index is 12.0. The van der Waals surface area contributed by atoms with Gasteiger partial charge in [0.1, 0.15) is 12.4 Å². The second kappa shape index (κ2) is 7.52. The van der Waals surface area contributed by atoms with Crippen LogP contribution in [0.5, 0.6) is 5.75 Å². The maximum atomic E-state index is 12.0. The molecule has 1 aliphatic heterocycles. The molecule has 7 heteroatoms. The molecule has 0 bridgehead atoms. The van der Waals surface area contributed by atoms with Crippen LogP contribution in [0.25, 0.3) is 10.4 Å². The van der Waals surface area contributed by atoms with E-state index in [1.165, 1.54) is 0 Å². The van der Waals surface area contributed by atoms with Gasteiger partial charge in [0, 0.05) is 37.2 Å². The number of ether oxygens (including phenoxy) is 2. The number of nitrogens with zero attached hydrogens (tertiary/aromatic N) is 4. The van der Waals surface area contributed by atoms with Crippen LogP contribution >= 0.6 is 0 Å². The van der Waals surface area contributed by atoms with Crippen molar-refractivity contribution in [3.8, 4) is 5.75 Å². The minimum absolute atomic E-state index is 0.0567. The van der Waals surface area contributed by atoms with Gasteiger partial charge in [-0.25, -0.2) is 0 Å². The number of anilines is 1. The molecule has 0 aliphatic carbocycles. The van der Waals surface area contributed by atoms with Gasteiger partial charge in [0.2, 0.25) is 5.91 Å². The third kappa shape index (κ3) is 4.11. The Labute approximate surface area is 123 Å². The van der Waals surface area contributed by atoms with Gasteiger partial charge in [0.15, 0.2) is 0 Å². The molecule has 0 spiro atoms. The van der Waals surface area contributed by atoms with E-state index in [2.05, 4.69) is 10.0 Å². The van der Waals surface area contributed by atoms with E-state index in [1.807, 2.05) is 24.3 Å². The number of rotatable bonds is 7. The van der Waals surface area contributed by atoms with Gasteiger partial charge in [0.05, 0.1) is 6.61 Å². The van der Waals surface area contributed by atoms with Crippen molar-refractivity contribution in [2.75, 3.05) is 38.3 Å². The molecule has 1 unspecified atom stereocenters. The molecule has 1 aromatic carbocycles. The minimum Gasteiger partial charge on any atom is -0.491 e. The molecule has 1 heterocycles.